The van der Waals surface area contributed by atoms with Gasteiger partial charge in [0.25, 0.3) is 0 Å². The van der Waals surface area contributed by atoms with Crippen LogP contribution in [0.1, 0.15) is 0 Å². The van der Waals surface area contributed by atoms with Crippen molar-refractivity contribution >= 4 is 0 Å². The van der Waals surface area contributed by atoms with Crippen LogP contribution in [0.3, 0.4) is 0 Å². The predicted molar refractivity (Wildman–Crippen MR) is 0 cm³/mol. The Hall–Kier alpha value is -59.0. The first kappa shape index (κ1) is 0. The summed E-state index contributed by atoms with van der Waals surface area (Å²) in [4.78, 5) is 0. The molecular formula is Rf59. The molecule has 0 amide bonds. The van der Waals surface area contributed by atoms with Crippen molar-refractivity contribution in [3.63, 3.8) is 0 Å². The summed E-state index contributed by atoms with van der Waals surface area (Å²) in [6.07, 6.45) is 0. The molecule has 0 aromatic carbocycles. The molecule has 0 aromatic rings. The Morgan fingerprint density at radius 2 is 0.0169 bits per heavy atom. The zero-order valence-corrected chi connectivity index (χ0v) is 419. The van der Waals surface area contributed by atoms with E-state index in [0.29, 0.717) is 0 Å². The van der Waals surface area contributed by atoms with Crippen molar-refractivity contribution in [1.29, 1.82) is 0 Å². The summed E-state index contributed by atoms with van der Waals surface area (Å²) >= 11 is 0. The van der Waals surface area contributed by atoms with Crippen LogP contribution in [0.25, 0.3) is 0 Å². The predicted octanol–water partition coefficient (Wildman–Crippen LogP) is 0. The fraction of sp³-hybridized carbons (Fsp3) is 0. The molecule has 0 aliphatic rings. The van der Waals surface area contributed by atoms with Gasteiger partial charge < -0.3 is 0 Å². The molecule has 59 heavy (non-hydrogen) atoms. The molecule has 118 valence electrons. The SMILES string of the molecule is [Rf].[Rf].[Rf].[Rf].[Rf].[Rf].[Rf].[Rf].[Rf].[Rf].[Rf].[Rf].[Rf].[Rf].[Rf].[Rf].[Rf].[Rf].[Rf].[Rf].[Rf].[Rf].[Rf].[Rf].[Rf].[Rf].[Rf].[Rf].[Rf].[Rf].[Rf].[Rf].[Rf].[Rf].[Rf].[Rf].[Rf].[Rf].[Rf].[Rf].[Rf].[Rf].[Rf].[Rf].[Rf].[Rf].[Rf].[Rf].[Rf].[Rf].[Rf].[Rf].[Rf].[Rf].[Rf].[Rf].[Rf].[Rf].[Rf]. The van der Waals surface area contributed by atoms with Gasteiger partial charge in [-0.1, -0.05) is 0 Å². The molecule has 0 saturated heterocycles. The topological polar surface area (TPSA) is 0 Å². The Balaban J connectivity index is 0. The van der Waals surface area contributed by atoms with Crippen LogP contribution in [-0.2, 0) is 0 Å². The average molecular weight is 15800 g/mol. The van der Waals surface area contributed by atoms with Crippen molar-refractivity contribution in [2.75, 3.05) is 0 Å². The second-order valence-electron chi connectivity index (χ2n) is 0. The molecule has 0 aliphatic heterocycles. The van der Waals surface area contributed by atoms with Gasteiger partial charge in [-0.15, -0.1) is 0 Å². The fourth-order valence-corrected chi connectivity index (χ4v) is 0. The van der Waals surface area contributed by atoms with Crippen LogP contribution in [0, 0.1) is 0 Å². The number of rotatable bonds is 0. The van der Waals surface area contributed by atoms with Crippen LogP contribution < -0.4 is 0 Å². The second-order valence-corrected chi connectivity index (χ2v) is 0. The van der Waals surface area contributed by atoms with Gasteiger partial charge in [0.1, 0.15) is 0 Å². The molecule has 0 rings (SSSR count). The molecule has 0 unspecified atom stereocenters. The molecule has 0 bridgehead atoms. The molecule has 0 aromatic heterocycles. The van der Waals surface area contributed by atoms with E-state index in [1.54, 1.807) is 0 Å². The second kappa shape index (κ2) is -0.00115. The maximum Gasteiger partial charge on any atom is 0 e. The Morgan fingerprint density at radius 3 is 0.0169 bits per heavy atom. The molecule has 0 saturated carbocycles. The first-order valence-electron chi connectivity index (χ1n) is 0. The maximum absolute atomic E-state index is 0. The Kier molecular flexibility index (Phi) is 0. The van der Waals surface area contributed by atoms with Crippen LogP contribution in [0.5, 0.6) is 0 Å². The minimum Gasteiger partial charge on any atom is 0 e. The van der Waals surface area contributed by atoms with E-state index >= 15 is 0 Å². The van der Waals surface area contributed by atoms with Crippen molar-refractivity contribution in [2.24, 2.45) is 0 Å². The van der Waals surface area contributed by atoms with Gasteiger partial charge >= 0.3 is 0 Å². The van der Waals surface area contributed by atoms with E-state index in [1.165, 1.54) is 0 Å². The molecule has 0 heterocycles. The van der Waals surface area contributed by atoms with Crippen molar-refractivity contribution in [3.8, 4) is 0 Å². The first-order chi connectivity index (χ1) is 0. The van der Waals surface area contributed by atoms with Gasteiger partial charge in [0, 0.05) is 0 Å². The Labute approximate surface area is 0 Å². The van der Waals surface area contributed by atoms with Gasteiger partial charge in [0.2, 0.25) is 0 Å². The third-order valence-corrected chi connectivity index (χ3v) is 0. The minimum atomic E-state index is 0. The first-order valence-corrected chi connectivity index (χ1v) is 0. The molecule has 0 N–H and O–H groups in total. The quantitative estimate of drug-likeness (QED) is 0.321. The van der Waals surface area contributed by atoms with Gasteiger partial charge in [0.05, 0.1) is 0 Å². The van der Waals surface area contributed by atoms with E-state index < -0.39 is 0 Å². The van der Waals surface area contributed by atoms with E-state index in [4.69, 9.17) is 0 Å². The van der Waals surface area contributed by atoms with Crippen LogP contribution in [-0.4, -0.2) is 0 Å². The third kappa shape index (κ3) is -0.00259. The van der Waals surface area contributed by atoms with Crippen molar-refractivity contribution < 1.29 is 0 Å². The van der Waals surface area contributed by atoms with Crippen LogP contribution in [0.15, 0.2) is 0 Å². The molecule has 0 fully saturated rings. The average Bonchev–Trinajstić information content (AvgIpc) is 0. The van der Waals surface area contributed by atoms with Gasteiger partial charge in [-0.3, -0.25) is 0 Å². The summed E-state index contributed by atoms with van der Waals surface area (Å²) in [5, 5.41) is 0. The van der Waals surface area contributed by atoms with Gasteiger partial charge in [0.15, 0.2) is 0 Å². The number of hydrogen-bond donors (Lipinski definition) is 0. The Bertz CT molecular complexity index is 0. The van der Waals surface area contributed by atoms with Gasteiger partial charge in [-0.2, -0.15) is 0 Å². The zero-order chi connectivity index (χ0) is 0. The van der Waals surface area contributed by atoms with Crippen LogP contribution >= 0.6 is 0 Å². The van der Waals surface area contributed by atoms with Crippen molar-refractivity contribution in [3.05, 3.63) is 0 Å². The molecule has 0 radical (unpaired) electrons. The standard InChI is InChI=1S/59Rf. The molecule has 0 atom stereocenters. The summed E-state index contributed by atoms with van der Waals surface area (Å²) in [6.45, 7) is 0. The summed E-state index contributed by atoms with van der Waals surface area (Å²) in [7, 11) is 0. The summed E-state index contributed by atoms with van der Waals surface area (Å²) in [5.74, 6) is 0. The molecule has 0 nitrogen and oxygen atoms in total. The van der Waals surface area contributed by atoms with Crippen LogP contribution in [0.4, 0.5) is 0 Å². The van der Waals surface area contributed by atoms with Crippen molar-refractivity contribution in [1.82, 2.24) is 0 Å². The monoisotopic (exact) mass is 15800 g/mol. The van der Waals surface area contributed by atoms with E-state index in [0.717, 1.165) is 0 Å². The van der Waals surface area contributed by atoms with Gasteiger partial charge in [-0.25, -0.2) is 0 Å². The normalized spacial score (nSPS) is 0. The third-order valence-electron chi connectivity index (χ3n) is 0. The summed E-state index contributed by atoms with van der Waals surface area (Å²) in [6, 6.07) is 0. The van der Waals surface area contributed by atoms with E-state index in [1.807, 2.05) is 0 Å². The maximum atomic E-state index is 0. The van der Waals surface area contributed by atoms with Gasteiger partial charge in [-0.05, 0) is 0 Å². The molecule has 0 aliphatic carbocycles. The number of hydrogen-bond acceptors (Lipinski definition) is 0. The van der Waals surface area contributed by atoms with E-state index in [-0.39, 0.29) is 0 Å². The van der Waals surface area contributed by atoms with E-state index in [2.05, 4.69) is 0 Å². The minimum absolute atomic E-state index is 0. The smallest absolute Gasteiger partial charge is 0 e. The molecular weight excluding hydrogens is 15800 g/mol. The fourth-order valence-electron chi connectivity index (χ4n) is 0. The Morgan fingerprint density at radius 1 is 0.0169 bits per heavy atom. The molecule has 59 heteroatoms. The van der Waals surface area contributed by atoms with Crippen molar-refractivity contribution in [2.45, 2.75) is 0 Å². The molecule has 0 spiro atoms. The summed E-state index contributed by atoms with van der Waals surface area (Å²) in [5.41, 5.74) is 0. The summed E-state index contributed by atoms with van der Waals surface area (Å²) < 4.78 is 0. The van der Waals surface area contributed by atoms with Crippen LogP contribution in [0.2, 0.25) is 0 Å². The zero-order valence-electron chi connectivity index (χ0n) is 41.7. The largest absolute Gasteiger partial charge is 0 e. The van der Waals surface area contributed by atoms with E-state index in [9.17, 15) is 0 Å².